The molecule has 0 bridgehead atoms. The summed E-state index contributed by atoms with van der Waals surface area (Å²) in [5.41, 5.74) is 4.75. The van der Waals surface area contributed by atoms with Gasteiger partial charge in [-0.2, -0.15) is 0 Å². The zero-order chi connectivity index (χ0) is 16.1. The number of phenols is 1. The molecule has 1 unspecified atom stereocenters. The summed E-state index contributed by atoms with van der Waals surface area (Å²) < 4.78 is 0. The van der Waals surface area contributed by atoms with Crippen molar-refractivity contribution < 1.29 is 5.11 Å². The van der Waals surface area contributed by atoms with E-state index in [1.54, 1.807) is 0 Å². The van der Waals surface area contributed by atoms with E-state index in [1.807, 2.05) is 12.1 Å². The first-order valence-electron chi connectivity index (χ1n) is 8.91. The first kappa shape index (κ1) is 16.1. The number of piperidine rings is 1. The normalized spacial score (nSPS) is 18.0. The summed E-state index contributed by atoms with van der Waals surface area (Å²) in [4.78, 5) is 0. The fourth-order valence-corrected chi connectivity index (χ4v) is 3.52. The molecule has 1 fully saturated rings. The van der Waals surface area contributed by atoms with Crippen LogP contribution in [0, 0.1) is 0 Å². The molecule has 2 aromatic rings. The van der Waals surface area contributed by atoms with Crippen LogP contribution in [0.25, 0.3) is 11.1 Å². The lowest BCUT2D eigenvalue weighted by atomic mass is 9.92. The van der Waals surface area contributed by atoms with Gasteiger partial charge in [-0.05, 0) is 67.5 Å². The van der Waals surface area contributed by atoms with Gasteiger partial charge in [-0.3, -0.25) is 0 Å². The minimum atomic E-state index is 0.380. The molecule has 1 heterocycles. The van der Waals surface area contributed by atoms with Gasteiger partial charge in [0.2, 0.25) is 0 Å². The third-order valence-corrected chi connectivity index (χ3v) is 4.95. The lowest BCUT2D eigenvalue weighted by molar-refractivity contribution is 0.383. The maximum absolute atomic E-state index is 10.3. The predicted molar refractivity (Wildman–Crippen MR) is 96.9 cm³/mol. The van der Waals surface area contributed by atoms with Gasteiger partial charge in [-0.1, -0.05) is 43.7 Å². The van der Waals surface area contributed by atoms with Gasteiger partial charge in [-0.25, -0.2) is 0 Å². The fraction of sp³-hybridized carbons (Fsp3) is 0.429. The summed E-state index contributed by atoms with van der Waals surface area (Å²) in [6, 6.07) is 15.1. The van der Waals surface area contributed by atoms with Crippen LogP contribution in [0.2, 0.25) is 0 Å². The molecular weight excluding hydrogens is 282 g/mol. The zero-order valence-corrected chi connectivity index (χ0v) is 14.0. The lowest BCUT2D eigenvalue weighted by Gasteiger charge is -2.23. The molecule has 23 heavy (non-hydrogen) atoms. The van der Waals surface area contributed by atoms with Gasteiger partial charge in [0.05, 0.1) is 0 Å². The highest BCUT2D eigenvalue weighted by atomic mass is 16.3. The Morgan fingerprint density at radius 2 is 1.96 bits per heavy atom. The van der Waals surface area contributed by atoms with E-state index in [0.29, 0.717) is 11.8 Å². The molecular formula is C21H27NO. The van der Waals surface area contributed by atoms with Crippen LogP contribution in [0.3, 0.4) is 0 Å². The third kappa shape index (κ3) is 3.94. The molecule has 0 saturated carbocycles. The van der Waals surface area contributed by atoms with Crippen LogP contribution in [0.15, 0.2) is 42.5 Å². The molecule has 122 valence electrons. The molecule has 2 heteroatoms. The van der Waals surface area contributed by atoms with Crippen molar-refractivity contribution in [1.29, 1.82) is 0 Å². The highest BCUT2D eigenvalue weighted by Crippen LogP contribution is 2.33. The Morgan fingerprint density at radius 1 is 1.09 bits per heavy atom. The largest absolute Gasteiger partial charge is 0.507 e. The molecule has 0 aliphatic carbocycles. The summed E-state index contributed by atoms with van der Waals surface area (Å²) in [5.74, 6) is 0.380. The van der Waals surface area contributed by atoms with Gasteiger partial charge in [0.1, 0.15) is 5.75 Å². The van der Waals surface area contributed by atoms with Crippen LogP contribution in [-0.4, -0.2) is 17.7 Å². The van der Waals surface area contributed by atoms with Crippen LogP contribution in [0.1, 0.15) is 43.7 Å². The minimum absolute atomic E-state index is 0.380. The Labute approximate surface area is 139 Å². The predicted octanol–water partition coefficient (Wildman–Crippen LogP) is 4.70. The van der Waals surface area contributed by atoms with Crippen LogP contribution in [0.5, 0.6) is 5.75 Å². The topological polar surface area (TPSA) is 32.3 Å². The molecule has 0 spiro atoms. The van der Waals surface area contributed by atoms with E-state index in [4.69, 9.17) is 0 Å². The second-order valence-corrected chi connectivity index (χ2v) is 6.55. The van der Waals surface area contributed by atoms with Gasteiger partial charge in [0, 0.05) is 11.6 Å². The lowest BCUT2D eigenvalue weighted by Crippen LogP contribution is -2.34. The molecule has 1 aliphatic heterocycles. The highest BCUT2D eigenvalue weighted by Gasteiger charge is 2.14. The molecule has 0 amide bonds. The van der Waals surface area contributed by atoms with Gasteiger partial charge >= 0.3 is 0 Å². The van der Waals surface area contributed by atoms with Crippen molar-refractivity contribution in [3.63, 3.8) is 0 Å². The van der Waals surface area contributed by atoms with E-state index in [0.717, 1.165) is 24.9 Å². The maximum atomic E-state index is 10.3. The van der Waals surface area contributed by atoms with Crippen molar-refractivity contribution in [2.24, 2.45) is 0 Å². The summed E-state index contributed by atoms with van der Waals surface area (Å²) in [5, 5.41) is 13.9. The average Bonchev–Trinajstić information content (AvgIpc) is 2.62. The van der Waals surface area contributed by atoms with E-state index in [2.05, 4.69) is 42.6 Å². The average molecular weight is 309 g/mol. The fourth-order valence-electron chi connectivity index (χ4n) is 3.52. The molecule has 0 radical (unpaired) electrons. The number of phenolic OH excluding ortho intramolecular Hbond substituents is 1. The summed E-state index contributed by atoms with van der Waals surface area (Å²) >= 11 is 0. The van der Waals surface area contributed by atoms with Crippen molar-refractivity contribution in [2.75, 3.05) is 6.54 Å². The van der Waals surface area contributed by atoms with E-state index in [1.165, 1.54) is 42.4 Å². The van der Waals surface area contributed by atoms with Crippen LogP contribution >= 0.6 is 0 Å². The molecule has 0 aromatic heterocycles. The van der Waals surface area contributed by atoms with Gasteiger partial charge in [0.25, 0.3) is 0 Å². The monoisotopic (exact) mass is 309 g/mol. The van der Waals surface area contributed by atoms with Crippen molar-refractivity contribution in [3.8, 4) is 16.9 Å². The van der Waals surface area contributed by atoms with E-state index >= 15 is 0 Å². The number of rotatable bonds is 5. The number of aromatic hydroxyl groups is 1. The quantitative estimate of drug-likeness (QED) is 0.839. The Hall–Kier alpha value is -1.80. The number of aryl methyl sites for hydroxylation is 2. The van der Waals surface area contributed by atoms with E-state index in [9.17, 15) is 5.11 Å². The standard InChI is InChI=1S/C21H27NO/c1-2-16-10-13-21(23)20(15-16)19-9-4-3-7-17(19)11-12-18-8-5-6-14-22-18/h3-4,7,9-10,13,15,18,22-23H,2,5-6,8,11-12,14H2,1H3. The first-order valence-corrected chi connectivity index (χ1v) is 8.91. The smallest absolute Gasteiger partial charge is 0.123 e. The molecule has 2 N–H and O–H groups in total. The first-order chi connectivity index (χ1) is 11.3. The van der Waals surface area contributed by atoms with Crippen molar-refractivity contribution in [2.45, 2.75) is 51.5 Å². The SMILES string of the molecule is CCc1ccc(O)c(-c2ccccc2CCC2CCCCN2)c1. The second-order valence-electron chi connectivity index (χ2n) is 6.55. The summed E-state index contributed by atoms with van der Waals surface area (Å²) in [7, 11) is 0. The third-order valence-electron chi connectivity index (χ3n) is 4.95. The number of nitrogens with one attached hydrogen (secondary N) is 1. The van der Waals surface area contributed by atoms with E-state index in [-0.39, 0.29) is 0 Å². The zero-order valence-electron chi connectivity index (χ0n) is 14.0. The number of hydrogen-bond donors (Lipinski definition) is 2. The Balaban J connectivity index is 1.82. The minimum Gasteiger partial charge on any atom is -0.507 e. The summed E-state index contributed by atoms with van der Waals surface area (Å²) in [6.45, 7) is 3.31. The van der Waals surface area contributed by atoms with Crippen molar-refractivity contribution >= 4 is 0 Å². The van der Waals surface area contributed by atoms with Gasteiger partial charge < -0.3 is 10.4 Å². The molecule has 1 atom stereocenters. The van der Waals surface area contributed by atoms with E-state index < -0.39 is 0 Å². The Morgan fingerprint density at radius 3 is 2.74 bits per heavy atom. The molecule has 1 aliphatic rings. The number of hydrogen-bond acceptors (Lipinski definition) is 2. The summed E-state index contributed by atoms with van der Waals surface area (Å²) in [6.07, 6.45) is 7.17. The number of benzene rings is 2. The van der Waals surface area contributed by atoms with Gasteiger partial charge in [0.15, 0.2) is 0 Å². The Bertz CT molecular complexity index is 644. The molecule has 2 aromatic carbocycles. The van der Waals surface area contributed by atoms with Crippen molar-refractivity contribution in [3.05, 3.63) is 53.6 Å². The highest BCUT2D eigenvalue weighted by molar-refractivity contribution is 5.73. The van der Waals surface area contributed by atoms with Gasteiger partial charge in [-0.15, -0.1) is 0 Å². The maximum Gasteiger partial charge on any atom is 0.123 e. The second kappa shape index (κ2) is 7.65. The molecule has 3 rings (SSSR count). The van der Waals surface area contributed by atoms with Crippen LogP contribution in [0.4, 0.5) is 0 Å². The Kier molecular flexibility index (Phi) is 5.35. The van der Waals surface area contributed by atoms with Crippen molar-refractivity contribution in [1.82, 2.24) is 5.32 Å². The molecule has 1 saturated heterocycles. The molecule has 2 nitrogen and oxygen atoms in total. The van der Waals surface area contributed by atoms with Crippen LogP contribution < -0.4 is 5.32 Å². The van der Waals surface area contributed by atoms with Crippen LogP contribution in [-0.2, 0) is 12.8 Å².